The van der Waals surface area contributed by atoms with Gasteiger partial charge in [-0.3, -0.25) is 10.1 Å². The van der Waals surface area contributed by atoms with Crippen LogP contribution >= 0.6 is 11.3 Å². The monoisotopic (exact) mass is 235 g/mol. The Kier molecular flexibility index (Phi) is 3.06. The number of carbonyl (C=O) groups is 1. The first-order valence-corrected chi connectivity index (χ1v) is 5.40. The van der Waals surface area contributed by atoms with Gasteiger partial charge in [-0.05, 0) is 12.1 Å². The van der Waals surface area contributed by atoms with Crippen LogP contribution in [0.5, 0.6) is 0 Å². The fraction of sp³-hybridized carbons (Fsp3) is 0.111. The SMILES string of the molecule is CNc1cccc(C(=O)Nc2nncs2)n1. The third-order valence-corrected chi connectivity index (χ3v) is 2.43. The summed E-state index contributed by atoms with van der Waals surface area (Å²) in [5.41, 5.74) is 1.88. The summed E-state index contributed by atoms with van der Waals surface area (Å²) in [6.07, 6.45) is 0. The summed E-state index contributed by atoms with van der Waals surface area (Å²) < 4.78 is 0. The van der Waals surface area contributed by atoms with Crippen LogP contribution in [0.3, 0.4) is 0 Å². The third-order valence-electron chi connectivity index (χ3n) is 1.82. The van der Waals surface area contributed by atoms with Crippen LogP contribution in [-0.4, -0.2) is 28.1 Å². The molecule has 2 heterocycles. The second-order valence-electron chi connectivity index (χ2n) is 2.86. The average Bonchev–Trinajstić information content (AvgIpc) is 2.82. The summed E-state index contributed by atoms with van der Waals surface area (Å²) >= 11 is 1.26. The van der Waals surface area contributed by atoms with Gasteiger partial charge in [0.15, 0.2) is 0 Å². The Labute approximate surface area is 95.7 Å². The van der Waals surface area contributed by atoms with E-state index in [0.717, 1.165) is 0 Å². The molecule has 0 aliphatic carbocycles. The van der Waals surface area contributed by atoms with Crippen LogP contribution in [0.1, 0.15) is 10.5 Å². The zero-order valence-corrected chi connectivity index (χ0v) is 9.28. The van der Waals surface area contributed by atoms with Crippen molar-refractivity contribution in [1.82, 2.24) is 15.2 Å². The minimum absolute atomic E-state index is 0.297. The fourth-order valence-corrected chi connectivity index (χ4v) is 1.53. The standard InChI is InChI=1S/C9H9N5OS/c1-10-7-4-2-3-6(12-7)8(15)13-9-14-11-5-16-9/h2-5H,1H3,(H,10,12)(H,13,14,15). The number of pyridine rings is 1. The molecule has 0 unspecified atom stereocenters. The highest BCUT2D eigenvalue weighted by molar-refractivity contribution is 7.13. The van der Waals surface area contributed by atoms with E-state index >= 15 is 0 Å². The third kappa shape index (κ3) is 2.31. The lowest BCUT2D eigenvalue weighted by atomic mass is 10.3. The van der Waals surface area contributed by atoms with Crippen LogP contribution in [-0.2, 0) is 0 Å². The lowest BCUT2D eigenvalue weighted by Gasteiger charge is -2.02. The van der Waals surface area contributed by atoms with Crippen LogP contribution in [0, 0.1) is 0 Å². The zero-order valence-electron chi connectivity index (χ0n) is 8.47. The number of aromatic nitrogens is 3. The highest BCUT2D eigenvalue weighted by Crippen LogP contribution is 2.10. The molecule has 2 aromatic heterocycles. The Balaban J connectivity index is 2.14. The van der Waals surface area contributed by atoms with E-state index in [0.29, 0.717) is 16.6 Å². The van der Waals surface area contributed by atoms with Gasteiger partial charge < -0.3 is 5.32 Å². The maximum atomic E-state index is 11.7. The number of nitrogens with zero attached hydrogens (tertiary/aromatic N) is 3. The summed E-state index contributed by atoms with van der Waals surface area (Å²) in [5, 5.41) is 13.3. The van der Waals surface area contributed by atoms with E-state index in [1.54, 1.807) is 30.8 Å². The van der Waals surface area contributed by atoms with E-state index in [-0.39, 0.29) is 5.91 Å². The summed E-state index contributed by atoms with van der Waals surface area (Å²) in [7, 11) is 1.74. The molecule has 1 amide bonds. The maximum absolute atomic E-state index is 11.7. The number of amides is 1. The molecule has 0 saturated carbocycles. The van der Waals surface area contributed by atoms with Gasteiger partial charge in [0.2, 0.25) is 5.13 Å². The lowest BCUT2D eigenvalue weighted by molar-refractivity contribution is 0.102. The van der Waals surface area contributed by atoms with E-state index in [9.17, 15) is 4.79 Å². The Morgan fingerprint density at radius 1 is 1.44 bits per heavy atom. The Morgan fingerprint density at radius 3 is 3.00 bits per heavy atom. The molecule has 0 saturated heterocycles. The molecular formula is C9H9N5OS. The molecule has 6 nitrogen and oxygen atoms in total. The molecule has 0 aliphatic rings. The number of nitrogens with one attached hydrogen (secondary N) is 2. The van der Waals surface area contributed by atoms with Crippen LogP contribution in [0.2, 0.25) is 0 Å². The molecule has 0 aromatic carbocycles. The van der Waals surface area contributed by atoms with Crippen molar-refractivity contribution in [2.75, 3.05) is 17.7 Å². The van der Waals surface area contributed by atoms with E-state index < -0.39 is 0 Å². The minimum Gasteiger partial charge on any atom is -0.373 e. The van der Waals surface area contributed by atoms with Crippen molar-refractivity contribution in [2.45, 2.75) is 0 Å². The lowest BCUT2D eigenvalue weighted by Crippen LogP contribution is -2.14. The van der Waals surface area contributed by atoms with E-state index in [1.807, 2.05) is 0 Å². The Morgan fingerprint density at radius 2 is 2.31 bits per heavy atom. The Hall–Kier alpha value is -2.02. The highest BCUT2D eigenvalue weighted by atomic mass is 32.1. The molecule has 0 atom stereocenters. The second kappa shape index (κ2) is 4.67. The van der Waals surface area contributed by atoms with Gasteiger partial charge in [0.25, 0.3) is 5.91 Å². The predicted octanol–water partition coefficient (Wildman–Crippen LogP) is 1.23. The predicted molar refractivity (Wildman–Crippen MR) is 61.6 cm³/mol. The molecule has 0 spiro atoms. The summed E-state index contributed by atoms with van der Waals surface area (Å²) in [5.74, 6) is 0.346. The van der Waals surface area contributed by atoms with Gasteiger partial charge in [-0.1, -0.05) is 17.4 Å². The molecule has 7 heteroatoms. The molecule has 0 radical (unpaired) electrons. The summed E-state index contributed by atoms with van der Waals surface area (Å²) in [6.45, 7) is 0. The van der Waals surface area contributed by atoms with Crippen LogP contribution in [0.15, 0.2) is 23.7 Å². The van der Waals surface area contributed by atoms with Crippen molar-refractivity contribution >= 4 is 28.2 Å². The smallest absolute Gasteiger partial charge is 0.276 e. The molecule has 16 heavy (non-hydrogen) atoms. The first-order valence-electron chi connectivity index (χ1n) is 4.52. The van der Waals surface area contributed by atoms with Crippen molar-refractivity contribution in [3.8, 4) is 0 Å². The van der Waals surface area contributed by atoms with Gasteiger partial charge in [0.05, 0.1) is 0 Å². The van der Waals surface area contributed by atoms with Crippen molar-refractivity contribution < 1.29 is 4.79 Å². The molecule has 0 bridgehead atoms. The molecular weight excluding hydrogens is 226 g/mol. The fourth-order valence-electron chi connectivity index (χ4n) is 1.09. The second-order valence-corrected chi connectivity index (χ2v) is 3.69. The van der Waals surface area contributed by atoms with Gasteiger partial charge in [-0.2, -0.15) is 0 Å². The number of anilines is 2. The topological polar surface area (TPSA) is 79.8 Å². The van der Waals surface area contributed by atoms with Crippen molar-refractivity contribution in [3.63, 3.8) is 0 Å². The van der Waals surface area contributed by atoms with Crippen LogP contribution in [0.4, 0.5) is 10.9 Å². The normalized spacial score (nSPS) is 9.81. The molecule has 82 valence electrons. The first kappa shape index (κ1) is 10.5. The minimum atomic E-state index is -0.297. The summed E-state index contributed by atoms with van der Waals surface area (Å²) in [4.78, 5) is 15.8. The highest BCUT2D eigenvalue weighted by Gasteiger charge is 2.09. The number of carbonyl (C=O) groups excluding carboxylic acids is 1. The zero-order chi connectivity index (χ0) is 11.4. The van der Waals surface area contributed by atoms with Crippen molar-refractivity contribution in [3.05, 3.63) is 29.4 Å². The molecule has 2 rings (SSSR count). The molecule has 0 aliphatic heterocycles. The number of rotatable bonds is 3. The van der Waals surface area contributed by atoms with Gasteiger partial charge in [-0.15, -0.1) is 10.2 Å². The van der Waals surface area contributed by atoms with Crippen LogP contribution < -0.4 is 10.6 Å². The molecule has 2 aromatic rings. The van der Waals surface area contributed by atoms with Gasteiger partial charge in [-0.25, -0.2) is 4.98 Å². The van der Waals surface area contributed by atoms with E-state index in [2.05, 4.69) is 25.8 Å². The maximum Gasteiger partial charge on any atom is 0.276 e. The van der Waals surface area contributed by atoms with Crippen LogP contribution in [0.25, 0.3) is 0 Å². The number of hydrogen-bond acceptors (Lipinski definition) is 6. The summed E-state index contributed by atoms with van der Waals surface area (Å²) in [6, 6.07) is 5.17. The van der Waals surface area contributed by atoms with E-state index in [1.165, 1.54) is 11.3 Å². The van der Waals surface area contributed by atoms with Gasteiger partial charge in [0.1, 0.15) is 17.0 Å². The van der Waals surface area contributed by atoms with Gasteiger partial charge >= 0.3 is 0 Å². The average molecular weight is 235 g/mol. The molecule has 0 fully saturated rings. The van der Waals surface area contributed by atoms with Crippen molar-refractivity contribution in [2.24, 2.45) is 0 Å². The largest absolute Gasteiger partial charge is 0.373 e. The Bertz CT molecular complexity index is 484. The quantitative estimate of drug-likeness (QED) is 0.836. The molecule has 2 N–H and O–H groups in total. The van der Waals surface area contributed by atoms with Crippen molar-refractivity contribution in [1.29, 1.82) is 0 Å². The number of hydrogen-bond donors (Lipinski definition) is 2. The first-order chi connectivity index (χ1) is 7.79. The van der Waals surface area contributed by atoms with Gasteiger partial charge in [0, 0.05) is 7.05 Å². The van der Waals surface area contributed by atoms with E-state index in [4.69, 9.17) is 0 Å².